The van der Waals surface area contributed by atoms with Gasteiger partial charge >= 0.3 is 5.63 Å². The van der Waals surface area contributed by atoms with Crippen molar-refractivity contribution in [3.05, 3.63) is 98.8 Å². The van der Waals surface area contributed by atoms with Crippen molar-refractivity contribution in [1.82, 2.24) is 0 Å². The zero-order chi connectivity index (χ0) is 22.9. The molecule has 4 rings (SSSR count). The number of carbonyl (C=O) groups excluding carboxylic acids is 1. The van der Waals surface area contributed by atoms with Gasteiger partial charge in [0.15, 0.2) is 0 Å². The average molecular weight is 489 g/mol. The smallest absolute Gasteiger partial charge is 0.336 e. The van der Waals surface area contributed by atoms with Gasteiger partial charge in [0.1, 0.15) is 5.58 Å². The van der Waals surface area contributed by atoms with Crippen LogP contribution in [0.2, 0.25) is 10.0 Å². The van der Waals surface area contributed by atoms with Crippen LogP contribution in [0.1, 0.15) is 10.4 Å². The van der Waals surface area contributed by atoms with Gasteiger partial charge in [0.2, 0.25) is 0 Å². The minimum absolute atomic E-state index is 0.0146. The fourth-order valence-electron chi connectivity index (χ4n) is 2.96. The third kappa shape index (κ3) is 4.77. The lowest BCUT2D eigenvalue weighted by Gasteiger charge is -2.14. The normalized spacial score (nSPS) is 11.3. The number of nitrogens with one attached hydrogen (secondary N) is 2. The van der Waals surface area contributed by atoms with Gasteiger partial charge in [-0.3, -0.25) is 9.52 Å². The maximum atomic E-state index is 12.9. The van der Waals surface area contributed by atoms with Crippen molar-refractivity contribution in [1.29, 1.82) is 0 Å². The molecule has 0 aliphatic carbocycles. The monoisotopic (exact) mass is 488 g/mol. The van der Waals surface area contributed by atoms with E-state index in [0.717, 1.165) is 0 Å². The summed E-state index contributed by atoms with van der Waals surface area (Å²) in [5.74, 6) is -0.585. The van der Waals surface area contributed by atoms with E-state index < -0.39 is 21.6 Å². The SMILES string of the molecule is O=C(Nc1ccc2oc(=O)ccc2c1)c1cc(Cl)ccc1NS(=O)(=O)c1ccc(Cl)cc1. The van der Waals surface area contributed by atoms with Crippen molar-refractivity contribution < 1.29 is 17.6 Å². The molecule has 0 radical (unpaired) electrons. The second kappa shape index (κ2) is 8.66. The molecule has 32 heavy (non-hydrogen) atoms. The van der Waals surface area contributed by atoms with E-state index in [4.69, 9.17) is 27.6 Å². The zero-order valence-electron chi connectivity index (χ0n) is 16.1. The molecular formula is C22H14Cl2N2O5S. The Morgan fingerprint density at radius 2 is 1.56 bits per heavy atom. The number of hydrogen-bond acceptors (Lipinski definition) is 5. The zero-order valence-corrected chi connectivity index (χ0v) is 18.5. The summed E-state index contributed by atoms with van der Waals surface area (Å²) in [4.78, 5) is 24.3. The van der Waals surface area contributed by atoms with E-state index in [1.54, 1.807) is 24.3 Å². The number of fused-ring (bicyclic) bond motifs is 1. The fraction of sp³-hybridized carbons (Fsp3) is 0. The minimum Gasteiger partial charge on any atom is -0.423 e. The van der Waals surface area contributed by atoms with E-state index in [-0.39, 0.29) is 21.2 Å². The van der Waals surface area contributed by atoms with Crippen LogP contribution >= 0.6 is 23.2 Å². The van der Waals surface area contributed by atoms with Crippen LogP contribution < -0.4 is 15.7 Å². The summed E-state index contributed by atoms with van der Waals surface area (Å²) in [5, 5.41) is 3.95. The molecule has 7 nitrogen and oxygen atoms in total. The molecule has 10 heteroatoms. The summed E-state index contributed by atoms with van der Waals surface area (Å²) in [5.41, 5.74) is 0.381. The lowest BCUT2D eigenvalue weighted by molar-refractivity contribution is 0.102. The molecule has 1 heterocycles. The predicted molar refractivity (Wildman–Crippen MR) is 124 cm³/mol. The Kier molecular flexibility index (Phi) is 5.92. The van der Waals surface area contributed by atoms with Gasteiger partial charge in [0.05, 0.1) is 16.1 Å². The van der Waals surface area contributed by atoms with Crippen LogP contribution in [0.3, 0.4) is 0 Å². The molecule has 1 aromatic heterocycles. The molecule has 0 fully saturated rings. The Balaban J connectivity index is 1.64. The molecule has 1 amide bonds. The molecule has 0 saturated carbocycles. The van der Waals surface area contributed by atoms with Crippen LogP contribution in [0.5, 0.6) is 0 Å². The molecule has 0 saturated heterocycles. The van der Waals surface area contributed by atoms with Crippen LogP contribution in [0, 0.1) is 0 Å². The van der Waals surface area contributed by atoms with Gasteiger partial charge in [-0.15, -0.1) is 0 Å². The van der Waals surface area contributed by atoms with Gasteiger partial charge in [0.25, 0.3) is 15.9 Å². The second-order valence-corrected chi connectivity index (χ2v) is 9.27. The van der Waals surface area contributed by atoms with E-state index in [1.807, 2.05) is 0 Å². The summed E-state index contributed by atoms with van der Waals surface area (Å²) in [6.07, 6.45) is 0. The maximum Gasteiger partial charge on any atom is 0.336 e. The summed E-state index contributed by atoms with van der Waals surface area (Å²) < 4.78 is 33.0. The van der Waals surface area contributed by atoms with E-state index in [9.17, 15) is 18.0 Å². The lowest BCUT2D eigenvalue weighted by Crippen LogP contribution is -2.18. The highest BCUT2D eigenvalue weighted by Gasteiger charge is 2.19. The molecule has 0 aliphatic heterocycles. The molecule has 4 aromatic rings. The molecule has 0 atom stereocenters. The summed E-state index contributed by atoms with van der Waals surface area (Å²) in [7, 11) is -3.98. The van der Waals surface area contributed by atoms with Crippen LogP contribution in [-0.2, 0) is 10.0 Å². The highest BCUT2D eigenvalue weighted by atomic mass is 35.5. The van der Waals surface area contributed by atoms with E-state index >= 15 is 0 Å². The maximum absolute atomic E-state index is 12.9. The summed E-state index contributed by atoms with van der Waals surface area (Å²) in [6.45, 7) is 0. The molecule has 0 bridgehead atoms. The molecule has 0 unspecified atom stereocenters. The van der Waals surface area contributed by atoms with Crippen molar-refractivity contribution in [3.8, 4) is 0 Å². The molecule has 3 aromatic carbocycles. The lowest BCUT2D eigenvalue weighted by atomic mass is 10.1. The quantitative estimate of drug-likeness (QED) is 0.377. The molecule has 2 N–H and O–H groups in total. The fourth-order valence-corrected chi connectivity index (χ4v) is 4.34. The largest absolute Gasteiger partial charge is 0.423 e. The highest BCUT2D eigenvalue weighted by Crippen LogP contribution is 2.26. The average Bonchev–Trinajstić information content (AvgIpc) is 2.75. The Bertz CT molecular complexity index is 1500. The predicted octanol–water partition coefficient (Wildman–Crippen LogP) is 5.15. The van der Waals surface area contributed by atoms with Crippen molar-refractivity contribution >= 4 is 61.5 Å². The van der Waals surface area contributed by atoms with Gasteiger partial charge in [-0.2, -0.15) is 0 Å². The molecule has 0 aliphatic rings. The van der Waals surface area contributed by atoms with Crippen molar-refractivity contribution in [3.63, 3.8) is 0 Å². The third-order valence-corrected chi connectivity index (χ3v) is 6.34. The van der Waals surface area contributed by atoms with Crippen LogP contribution in [0.4, 0.5) is 11.4 Å². The van der Waals surface area contributed by atoms with E-state index in [1.165, 1.54) is 48.5 Å². The van der Waals surface area contributed by atoms with E-state index in [0.29, 0.717) is 21.7 Å². The first-order valence-corrected chi connectivity index (χ1v) is 11.4. The number of hydrogen-bond donors (Lipinski definition) is 2. The number of rotatable bonds is 5. The first-order chi connectivity index (χ1) is 15.2. The first kappa shape index (κ1) is 21.9. The molecular weight excluding hydrogens is 475 g/mol. The number of sulfonamides is 1. The Morgan fingerprint density at radius 3 is 2.31 bits per heavy atom. The molecule has 0 spiro atoms. The van der Waals surface area contributed by atoms with Crippen LogP contribution in [0.25, 0.3) is 11.0 Å². The Morgan fingerprint density at radius 1 is 0.844 bits per heavy atom. The standard InChI is InChI=1S/C22H14Cl2N2O5S/c23-14-2-6-17(7-3-14)32(29,30)26-19-8-4-15(24)12-18(19)22(28)25-16-5-9-20-13(11-16)1-10-21(27)31-20/h1-12,26H,(H,25,28). The van der Waals surface area contributed by atoms with Gasteiger partial charge in [-0.25, -0.2) is 13.2 Å². The number of anilines is 2. The Labute approximate surface area is 192 Å². The van der Waals surface area contributed by atoms with Crippen molar-refractivity contribution in [2.24, 2.45) is 0 Å². The highest BCUT2D eigenvalue weighted by molar-refractivity contribution is 7.92. The number of halogens is 2. The van der Waals surface area contributed by atoms with Gasteiger partial charge < -0.3 is 9.73 Å². The van der Waals surface area contributed by atoms with E-state index in [2.05, 4.69) is 10.0 Å². The summed E-state index contributed by atoms with van der Waals surface area (Å²) in [6, 6.07) is 17.4. The van der Waals surface area contributed by atoms with Crippen molar-refractivity contribution in [2.45, 2.75) is 4.90 Å². The van der Waals surface area contributed by atoms with Gasteiger partial charge in [0, 0.05) is 27.2 Å². The first-order valence-electron chi connectivity index (χ1n) is 9.14. The van der Waals surface area contributed by atoms with Gasteiger partial charge in [-0.05, 0) is 66.7 Å². The second-order valence-electron chi connectivity index (χ2n) is 6.71. The van der Waals surface area contributed by atoms with Gasteiger partial charge in [-0.1, -0.05) is 23.2 Å². The van der Waals surface area contributed by atoms with Crippen LogP contribution in [-0.4, -0.2) is 14.3 Å². The van der Waals surface area contributed by atoms with Crippen molar-refractivity contribution in [2.75, 3.05) is 10.0 Å². The number of carbonyl (C=O) groups is 1. The third-order valence-electron chi connectivity index (χ3n) is 4.47. The summed E-state index contributed by atoms with van der Waals surface area (Å²) >= 11 is 11.9. The van der Waals surface area contributed by atoms with Crippen LogP contribution in [0.15, 0.2) is 86.9 Å². The molecule has 162 valence electrons. The topological polar surface area (TPSA) is 105 Å². The Hall–Kier alpha value is -3.33. The number of benzene rings is 3. The minimum atomic E-state index is -3.98. The number of amides is 1.